The lowest BCUT2D eigenvalue weighted by Crippen LogP contribution is -2.30. The van der Waals surface area contributed by atoms with E-state index in [1.807, 2.05) is 6.08 Å². The Labute approximate surface area is 513 Å². The Bertz CT molecular complexity index is 1700. The van der Waals surface area contributed by atoms with Crippen molar-refractivity contribution >= 4 is 17.9 Å². The van der Waals surface area contributed by atoms with Gasteiger partial charge in [0.1, 0.15) is 13.2 Å². The van der Waals surface area contributed by atoms with E-state index in [-0.39, 0.29) is 31.6 Å². The van der Waals surface area contributed by atoms with Gasteiger partial charge in [0.05, 0.1) is 6.42 Å². The number of carbonyl (C=O) groups is 3. The number of carbonyl (C=O) groups excluding carboxylic acids is 3. The molecule has 0 amide bonds. The van der Waals surface area contributed by atoms with Gasteiger partial charge in [-0.15, -0.1) is 0 Å². The van der Waals surface area contributed by atoms with E-state index in [0.29, 0.717) is 12.8 Å². The number of hydrogen-bond acceptors (Lipinski definition) is 6. The Morgan fingerprint density at radius 2 is 0.506 bits per heavy atom. The molecule has 0 saturated carbocycles. The zero-order valence-electron chi connectivity index (χ0n) is 54.4. The van der Waals surface area contributed by atoms with Gasteiger partial charge in [0, 0.05) is 12.8 Å². The molecule has 0 rings (SSSR count). The van der Waals surface area contributed by atoms with E-state index in [0.717, 1.165) is 103 Å². The van der Waals surface area contributed by atoms with Gasteiger partial charge in [-0.2, -0.15) is 0 Å². The van der Waals surface area contributed by atoms with Crippen molar-refractivity contribution in [3.8, 4) is 0 Å². The largest absolute Gasteiger partial charge is 0.462 e. The normalized spacial score (nSPS) is 12.9. The lowest BCUT2D eigenvalue weighted by Gasteiger charge is -2.18. The maximum atomic E-state index is 12.8. The van der Waals surface area contributed by atoms with Crippen LogP contribution in [-0.4, -0.2) is 37.2 Å². The summed E-state index contributed by atoms with van der Waals surface area (Å²) in [4.78, 5) is 38.3. The van der Waals surface area contributed by atoms with Crippen molar-refractivity contribution in [2.45, 2.75) is 335 Å². The van der Waals surface area contributed by atoms with Gasteiger partial charge in [-0.05, 0) is 89.9 Å². The Morgan fingerprint density at radius 3 is 0.795 bits per heavy atom. The number of hydrogen-bond donors (Lipinski definition) is 0. The second kappa shape index (κ2) is 70.3. The molecular weight excluding hydrogens is 1020 g/mol. The zero-order valence-corrected chi connectivity index (χ0v) is 54.4. The molecule has 0 spiro atoms. The van der Waals surface area contributed by atoms with Crippen molar-refractivity contribution in [2.24, 2.45) is 0 Å². The van der Waals surface area contributed by atoms with Crippen LogP contribution < -0.4 is 0 Å². The molecule has 0 N–H and O–H groups in total. The minimum atomic E-state index is -0.832. The number of rotatable bonds is 63. The minimum absolute atomic E-state index is 0.0978. The van der Waals surface area contributed by atoms with E-state index >= 15 is 0 Å². The summed E-state index contributed by atoms with van der Waals surface area (Å²) >= 11 is 0. The summed E-state index contributed by atoms with van der Waals surface area (Å²) in [5, 5.41) is 0. The highest BCUT2D eigenvalue weighted by molar-refractivity contribution is 5.72. The zero-order chi connectivity index (χ0) is 59.9. The molecule has 6 heteroatoms. The standard InChI is InChI=1S/C77H130O6/c1-4-7-10-13-16-19-22-25-28-29-30-31-32-33-34-35-36-37-38-39-40-41-42-43-44-45-46-47-50-52-55-58-61-64-67-70-76(79)82-73-74(83-77(80)71-68-65-62-59-56-53-49-27-24-21-18-15-12-9-6-3)72-81-75(78)69-66-63-60-57-54-51-48-26-23-20-17-14-11-8-5-2/h7,9-10,12,16,18-19,21,25,27-28,30-31,33-34,49,56,59,65,68,74H,4-6,8,11,13-15,17,20,22-24,26,29,32,35-48,50-55,57-58,60-64,66-67,69-73H2,1-3H3/b10-7-,12-9-,19-16-,21-18-,28-25-,31-30-,34-33-,49-27-,59-56-,68-65-. The molecule has 0 bridgehead atoms. The predicted octanol–water partition coefficient (Wildman–Crippen LogP) is 24.3. The highest BCUT2D eigenvalue weighted by Crippen LogP contribution is 2.17. The van der Waals surface area contributed by atoms with E-state index in [9.17, 15) is 14.4 Å². The molecule has 0 heterocycles. The monoisotopic (exact) mass is 1150 g/mol. The van der Waals surface area contributed by atoms with Crippen LogP contribution in [0, 0.1) is 0 Å². The first-order chi connectivity index (χ1) is 41.0. The van der Waals surface area contributed by atoms with Gasteiger partial charge in [-0.25, -0.2) is 0 Å². The molecular formula is C77H130O6. The van der Waals surface area contributed by atoms with Crippen LogP contribution in [0.1, 0.15) is 329 Å². The summed E-state index contributed by atoms with van der Waals surface area (Å²) in [6.07, 6.45) is 98.4. The average Bonchev–Trinajstić information content (AvgIpc) is 3.49. The fourth-order valence-corrected chi connectivity index (χ4v) is 9.84. The van der Waals surface area contributed by atoms with E-state index in [4.69, 9.17) is 14.2 Å². The smallest absolute Gasteiger partial charge is 0.310 e. The summed E-state index contributed by atoms with van der Waals surface area (Å²) < 4.78 is 16.8. The average molecular weight is 1150 g/mol. The van der Waals surface area contributed by atoms with E-state index < -0.39 is 12.1 Å². The number of esters is 3. The van der Waals surface area contributed by atoms with Crippen molar-refractivity contribution in [3.63, 3.8) is 0 Å². The summed E-state index contributed by atoms with van der Waals surface area (Å²) in [5.41, 5.74) is 0. The Morgan fingerprint density at radius 1 is 0.265 bits per heavy atom. The second-order valence-electron chi connectivity index (χ2n) is 23.1. The third-order valence-electron chi connectivity index (χ3n) is 15.0. The van der Waals surface area contributed by atoms with Crippen molar-refractivity contribution < 1.29 is 28.6 Å². The van der Waals surface area contributed by atoms with Crippen LogP contribution in [0.5, 0.6) is 0 Å². The lowest BCUT2D eigenvalue weighted by molar-refractivity contribution is -0.166. The van der Waals surface area contributed by atoms with Gasteiger partial charge in [0.2, 0.25) is 0 Å². The number of unbranched alkanes of at least 4 members (excludes halogenated alkanes) is 33. The highest BCUT2D eigenvalue weighted by Gasteiger charge is 2.19. The lowest BCUT2D eigenvalue weighted by atomic mass is 10.0. The van der Waals surface area contributed by atoms with Gasteiger partial charge >= 0.3 is 17.9 Å². The molecule has 0 fully saturated rings. The van der Waals surface area contributed by atoms with Crippen molar-refractivity contribution in [3.05, 3.63) is 122 Å². The summed E-state index contributed by atoms with van der Waals surface area (Å²) in [6, 6.07) is 0. The first-order valence-corrected chi connectivity index (χ1v) is 35.0. The minimum Gasteiger partial charge on any atom is -0.462 e. The molecule has 6 nitrogen and oxygen atoms in total. The molecule has 0 saturated heterocycles. The summed E-state index contributed by atoms with van der Waals surface area (Å²) in [7, 11) is 0. The fraction of sp³-hybridized carbons (Fsp3) is 0.701. The fourth-order valence-electron chi connectivity index (χ4n) is 9.84. The van der Waals surface area contributed by atoms with Gasteiger partial charge in [-0.3, -0.25) is 14.4 Å². The molecule has 0 aliphatic rings. The van der Waals surface area contributed by atoms with Crippen LogP contribution in [0.15, 0.2) is 122 Å². The Kier molecular flexibility index (Phi) is 66.7. The third-order valence-corrected chi connectivity index (χ3v) is 15.0. The highest BCUT2D eigenvalue weighted by atomic mass is 16.6. The molecule has 0 aromatic carbocycles. The topological polar surface area (TPSA) is 78.9 Å². The molecule has 0 aromatic heterocycles. The van der Waals surface area contributed by atoms with Crippen LogP contribution in [0.2, 0.25) is 0 Å². The van der Waals surface area contributed by atoms with Crippen LogP contribution in [0.4, 0.5) is 0 Å². The summed E-state index contributed by atoms with van der Waals surface area (Å²) in [5.74, 6) is -1.03. The maximum Gasteiger partial charge on any atom is 0.310 e. The molecule has 474 valence electrons. The number of ether oxygens (including phenoxy) is 3. The molecule has 1 unspecified atom stereocenters. The van der Waals surface area contributed by atoms with Gasteiger partial charge in [0.25, 0.3) is 0 Å². The molecule has 0 radical (unpaired) electrons. The van der Waals surface area contributed by atoms with Crippen molar-refractivity contribution in [2.75, 3.05) is 13.2 Å². The molecule has 0 aliphatic heterocycles. The van der Waals surface area contributed by atoms with Gasteiger partial charge in [-0.1, -0.05) is 341 Å². The van der Waals surface area contributed by atoms with Crippen molar-refractivity contribution in [1.82, 2.24) is 0 Å². The maximum absolute atomic E-state index is 12.8. The Hall–Kier alpha value is -4.19. The first-order valence-electron chi connectivity index (χ1n) is 35.0. The Balaban J connectivity index is 4.19. The quantitative estimate of drug-likeness (QED) is 0.0261. The third kappa shape index (κ3) is 68.5. The van der Waals surface area contributed by atoms with Crippen LogP contribution >= 0.6 is 0 Å². The first kappa shape index (κ1) is 78.8. The van der Waals surface area contributed by atoms with E-state index in [1.54, 1.807) is 6.08 Å². The molecule has 0 aromatic rings. The molecule has 0 aliphatic carbocycles. The van der Waals surface area contributed by atoms with Crippen LogP contribution in [0.3, 0.4) is 0 Å². The van der Waals surface area contributed by atoms with E-state index in [2.05, 4.69) is 130 Å². The summed E-state index contributed by atoms with van der Waals surface area (Å²) in [6.45, 7) is 6.36. The van der Waals surface area contributed by atoms with Gasteiger partial charge < -0.3 is 14.2 Å². The van der Waals surface area contributed by atoms with Crippen LogP contribution in [0.25, 0.3) is 0 Å². The predicted molar refractivity (Wildman–Crippen MR) is 362 cm³/mol. The van der Waals surface area contributed by atoms with E-state index in [1.165, 1.54) is 186 Å². The SMILES string of the molecule is CC/C=C\C/C=C\C/C=C\C/C=C\C/C=C\CCCCCCCCCCCCCCCCCCCCCC(=O)OCC(COC(=O)CCCCCCCCCCCCCCCCC)OC(=O)C/C=C\C/C=C\C/C=C\C/C=C\C/C=C\CC. The second-order valence-corrected chi connectivity index (χ2v) is 23.1. The molecule has 1 atom stereocenters. The number of allylic oxidation sites excluding steroid dienone is 19. The van der Waals surface area contributed by atoms with Crippen LogP contribution in [-0.2, 0) is 28.6 Å². The molecule has 83 heavy (non-hydrogen) atoms. The van der Waals surface area contributed by atoms with Gasteiger partial charge in [0.15, 0.2) is 6.10 Å². The van der Waals surface area contributed by atoms with Crippen molar-refractivity contribution in [1.29, 1.82) is 0 Å².